The lowest BCUT2D eigenvalue weighted by atomic mass is 9.82. The summed E-state index contributed by atoms with van der Waals surface area (Å²) < 4.78 is 16.6. The number of amides is 1. The second-order valence-electron chi connectivity index (χ2n) is 9.48. The van der Waals surface area contributed by atoms with Crippen molar-refractivity contribution in [1.29, 1.82) is 0 Å². The van der Waals surface area contributed by atoms with Crippen molar-refractivity contribution in [3.63, 3.8) is 0 Å². The molecule has 0 N–H and O–H groups in total. The van der Waals surface area contributed by atoms with E-state index in [-0.39, 0.29) is 18.7 Å². The molecule has 3 aromatic rings. The van der Waals surface area contributed by atoms with Gasteiger partial charge in [-0.05, 0) is 69.0 Å². The van der Waals surface area contributed by atoms with E-state index < -0.39 is 5.41 Å². The Kier molecular flexibility index (Phi) is 9.34. The Morgan fingerprint density at radius 3 is 2.27 bits per heavy atom. The average Bonchev–Trinajstić information content (AvgIpc) is 2.90. The van der Waals surface area contributed by atoms with Gasteiger partial charge in [0.05, 0.1) is 19.1 Å². The molecule has 6 heteroatoms. The highest BCUT2D eigenvalue weighted by molar-refractivity contribution is 5.84. The fourth-order valence-electron chi connectivity index (χ4n) is 4.17. The van der Waals surface area contributed by atoms with Crippen LogP contribution < -0.4 is 4.74 Å². The van der Waals surface area contributed by atoms with E-state index >= 15 is 0 Å². The third-order valence-corrected chi connectivity index (χ3v) is 6.46. The Balaban J connectivity index is 1.95. The number of hydrogen-bond donors (Lipinski definition) is 0. The minimum atomic E-state index is -0.835. The van der Waals surface area contributed by atoms with Crippen molar-refractivity contribution in [3.05, 3.63) is 89.0 Å². The lowest BCUT2D eigenvalue weighted by Gasteiger charge is -2.25. The van der Waals surface area contributed by atoms with Crippen molar-refractivity contribution in [2.45, 2.75) is 53.2 Å². The summed E-state index contributed by atoms with van der Waals surface area (Å²) >= 11 is 0. The van der Waals surface area contributed by atoms with Crippen LogP contribution in [0.3, 0.4) is 0 Å². The number of rotatable bonds is 10. The van der Waals surface area contributed by atoms with Crippen LogP contribution in [0.4, 0.5) is 4.79 Å². The first kappa shape index (κ1) is 27.8. The number of carbonyl (C=O) groups excluding carboxylic acids is 2. The number of methoxy groups -OCH3 is 1. The normalized spacial score (nSPS) is 11.1. The molecule has 0 saturated carbocycles. The van der Waals surface area contributed by atoms with Crippen molar-refractivity contribution < 1.29 is 23.8 Å². The van der Waals surface area contributed by atoms with Gasteiger partial charge in [-0.2, -0.15) is 0 Å². The molecule has 3 aromatic carbocycles. The topological polar surface area (TPSA) is 65.1 Å². The standard InChI is InChI=1S/C31H37NO5/c1-7-32(30(34)37-21-23-12-10-9-11-13-23)20-24-18-22(3)14-16-26(24)27-19-25(15-17-28(27)35-6)31(4,5)29(33)36-8-2/h9-19H,7-8,20-21H2,1-6H3. The maximum absolute atomic E-state index is 13.0. The van der Waals surface area contributed by atoms with Crippen LogP contribution in [-0.2, 0) is 32.8 Å². The predicted octanol–water partition coefficient (Wildman–Crippen LogP) is 6.67. The molecular weight excluding hydrogens is 466 g/mol. The fourth-order valence-corrected chi connectivity index (χ4v) is 4.17. The van der Waals surface area contributed by atoms with Crippen LogP contribution in [-0.4, -0.2) is 37.2 Å². The zero-order chi connectivity index (χ0) is 27.0. The minimum Gasteiger partial charge on any atom is -0.496 e. The molecule has 0 spiro atoms. The lowest BCUT2D eigenvalue weighted by Crippen LogP contribution is -2.31. The van der Waals surface area contributed by atoms with Gasteiger partial charge in [-0.25, -0.2) is 4.79 Å². The van der Waals surface area contributed by atoms with Crippen LogP contribution in [0.25, 0.3) is 11.1 Å². The van der Waals surface area contributed by atoms with Gasteiger partial charge in [0.2, 0.25) is 0 Å². The molecule has 0 aliphatic carbocycles. The molecule has 0 aromatic heterocycles. The molecule has 3 rings (SSSR count). The van der Waals surface area contributed by atoms with Crippen molar-refractivity contribution in [2.75, 3.05) is 20.3 Å². The highest BCUT2D eigenvalue weighted by Gasteiger charge is 2.32. The molecule has 0 saturated heterocycles. The molecule has 0 fully saturated rings. The number of esters is 1. The molecule has 0 radical (unpaired) electrons. The van der Waals surface area contributed by atoms with Crippen LogP contribution in [0.5, 0.6) is 5.75 Å². The molecule has 0 heterocycles. The first-order valence-electron chi connectivity index (χ1n) is 12.6. The number of hydrogen-bond acceptors (Lipinski definition) is 5. The van der Waals surface area contributed by atoms with E-state index in [1.165, 1.54) is 0 Å². The van der Waals surface area contributed by atoms with E-state index in [0.717, 1.165) is 33.4 Å². The Labute approximate surface area is 220 Å². The number of aryl methyl sites for hydroxylation is 1. The first-order valence-corrected chi connectivity index (χ1v) is 12.6. The van der Waals surface area contributed by atoms with Gasteiger partial charge in [0, 0.05) is 18.7 Å². The van der Waals surface area contributed by atoms with E-state index in [2.05, 4.69) is 6.07 Å². The Morgan fingerprint density at radius 1 is 0.892 bits per heavy atom. The largest absolute Gasteiger partial charge is 0.496 e. The van der Waals surface area contributed by atoms with E-state index in [0.29, 0.717) is 25.4 Å². The minimum absolute atomic E-state index is 0.218. The van der Waals surface area contributed by atoms with Crippen LogP contribution >= 0.6 is 0 Å². The van der Waals surface area contributed by atoms with Crippen molar-refractivity contribution in [1.82, 2.24) is 4.90 Å². The summed E-state index contributed by atoms with van der Waals surface area (Å²) in [6.07, 6.45) is -0.372. The summed E-state index contributed by atoms with van der Waals surface area (Å²) in [5, 5.41) is 0. The summed E-state index contributed by atoms with van der Waals surface area (Å²) in [5.41, 5.74) is 4.74. The van der Waals surface area contributed by atoms with Crippen molar-refractivity contribution >= 4 is 12.1 Å². The van der Waals surface area contributed by atoms with Gasteiger partial charge in [-0.3, -0.25) is 4.79 Å². The van der Waals surface area contributed by atoms with Crippen LogP contribution in [0, 0.1) is 6.92 Å². The van der Waals surface area contributed by atoms with Crippen molar-refractivity contribution in [3.8, 4) is 16.9 Å². The molecule has 196 valence electrons. The van der Waals surface area contributed by atoms with Crippen LogP contribution in [0.2, 0.25) is 0 Å². The van der Waals surface area contributed by atoms with Gasteiger partial charge in [-0.1, -0.05) is 60.2 Å². The van der Waals surface area contributed by atoms with E-state index in [4.69, 9.17) is 14.2 Å². The van der Waals surface area contributed by atoms with Gasteiger partial charge < -0.3 is 19.1 Å². The Morgan fingerprint density at radius 2 is 1.62 bits per heavy atom. The number of benzene rings is 3. The van der Waals surface area contributed by atoms with Gasteiger partial charge in [0.25, 0.3) is 0 Å². The quantitative estimate of drug-likeness (QED) is 0.289. The number of nitrogens with zero attached hydrogens (tertiary/aromatic N) is 1. The van der Waals surface area contributed by atoms with Crippen LogP contribution in [0.15, 0.2) is 66.7 Å². The monoisotopic (exact) mass is 503 g/mol. The summed E-state index contributed by atoms with van der Waals surface area (Å²) in [6.45, 7) is 10.9. The van der Waals surface area contributed by atoms with Gasteiger partial charge >= 0.3 is 12.1 Å². The average molecular weight is 504 g/mol. The molecule has 0 atom stereocenters. The zero-order valence-corrected chi connectivity index (χ0v) is 22.7. The summed E-state index contributed by atoms with van der Waals surface area (Å²) in [7, 11) is 1.63. The molecular formula is C31H37NO5. The Bertz CT molecular complexity index is 1220. The third-order valence-electron chi connectivity index (χ3n) is 6.46. The van der Waals surface area contributed by atoms with E-state index in [9.17, 15) is 9.59 Å². The molecule has 0 aliphatic rings. The Hall–Kier alpha value is -3.80. The van der Waals surface area contributed by atoms with Crippen molar-refractivity contribution in [2.24, 2.45) is 0 Å². The molecule has 0 unspecified atom stereocenters. The molecule has 37 heavy (non-hydrogen) atoms. The highest BCUT2D eigenvalue weighted by atomic mass is 16.6. The predicted molar refractivity (Wildman–Crippen MR) is 146 cm³/mol. The molecule has 6 nitrogen and oxygen atoms in total. The number of carbonyl (C=O) groups is 2. The smallest absolute Gasteiger partial charge is 0.410 e. The van der Waals surface area contributed by atoms with Crippen LogP contribution in [0.1, 0.15) is 49.9 Å². The first-order chi connectivity index (χ1) is 17.7. The zero-order valence-electron chi connectivity index (χ0n) is 22.7. The summed E-state index contributed by atoms with van der Waals surface area (Å²) in [5.74, 6) is 0.400. The second-order valence-corrected chi connectivity index (χ2v) is 9.48. The second kappa shape index (κ2) is 12.4. The third kappa shape index (κ3) is 6.70. The molecule has 1 amide bonds. The molecule has 0 bridgehead atoms. The SMILES string of the molecule is CCOC(=O)C(C)(C)c1ccc(OC)c(-c2ccc(C)cc2CN(CC)C(=O)OCc2ccccc2)c1. The van der Waals surface area contributed by atoms with Gasteiger partial charge in [0.1, 0.15) is 12.4 Å². The maximum atomic E-state index is 13.0. The number of ether oxygens (including phenoxy) is 3. The van der Waals surface area contributed by atoms with E-state index in [1.807, 2.05) is 88.4 Å². The summed E-state index contributed by atoms with van der Waals surface area (Å²) in [4.78, 5) is 27.3. The lowest BCUT2D eigenvalue weighted by molar-refractivity contribution is -0.148. The fraction of sp³-hybridized carbons (Fsp3) is 0.355. The van der Waals surface area contributed by atoms with E-state index in [1.54, 1.807) is 18.9 Å². The summed E-state index contributed by atoms with van der Waals surface area (Å²) in [6, 6.07) is 21.5. The maximum Gasteiger partial charge on any atom is 0.410 e. The molecule has 0 aliphatic heterocycles. The van der Waals surface area contributed by atoms with Gasteiger partial charge in [-0.15, -0.1) is 0 Å². The van der Waals surface area contributed by atoms with Gasteiger partial charge in [0.15, 0.2) is 0 Å². The highest BCUT2D eigenvalue weighted by Crippen LogP contribution is 2.37.